The van der Waals surface area contributed by atoms with Gasteiger partial charge in [-0.1, -0.05) is 19.1 Å². The van der Waals surface area contributed by atoms with Gasteiger partial charge in [0.1, 0.15) is 17.6 Å². The summed E-state index contributed by atoms with van der Waals surface area (Å²) in [6.07, 6.45) is 2.99. The highest BCUT2D eigenvalue weighted by Crippen LogP contribution is 2.29. The van der Waals surface area contributed by atoms with E-state index in [0.717, 1.165) is 17.7 Å². The van der Waals surface area contributed by atoms with Crippen LogP contribution in [0.1, 0.15) is 38.2 Å². The molecule has 6 heteroatoms. The number of hydrogen-bond donors (Lipinski definition) is 0. The number of nitrogens with zero attached hydrogens (tertiary/aromatic N) is 3. The summed E-state index contributed by atoms with van der Waals surface area (Å²) in [5, 5.41) is 0. The van der Waals surface area contributed by atoms with Gasteiger partial charge in [0.05, 0.1) is 12.2 Å². The molecule has 2 aromatic rings. The Hall–Kier alpha value is -2.63. The van der Waals surface area contributed by atoms with Gasteiger partial charge in [-0.2, -0.15) is 0 Å². The van der Waals surface area contributed by atoms with E-state index < -0.39 is 0 Å². The molecule has 1 aromatic heterocycles. The summed E-state index contributed by atoms with van der Waals surface area (Å²) >= 11 is 0. The van der Waals surface area contributed by atoms with Crippen LogP contribution in [0.5, 0.6) is 5.75 Å². The lowest BCUT2D eigenvalue weighted by Crippen LogP contribution is -2.26. The zero-order valence-electron chi connectivity index (χ0n) is 17.0. The van der Waals surface area contributed by atoms with E-state index in [1.165, 1.54) is 0 Å². The minimum Gasteiger partial charge on any atom is -0.489 e. The Kier molecular flexibility index (Phi) is 6.17. The standard InChI is InChI=1S/C22H28FN3O2/c1-15(13-16(2)27)17-5-7-18(8-6-17)28-19-10-12-26(14-19)22-21(23)20(25(3)4)9-11-24-22/h5-9,11,15,19H,10,12-14H2,1-4H3/t15-,19-/m1/s1. The fourth-order valence-corrected chi connectivity index (χ4v) is 3.62. The van der Waals surface area contributed by atoms with Crippen LogP contribution in [-0.4, -0.2) is 44.1 Å². The van der Waals surface area contributed by atoms with Crippen LogP contribution in [0.15, 0.2) is 36.5 Å². The molecule has 1 saturated heterocycles. The van der Waals surface area contributed by atoms with Crippen molar-refractivity contribution in [3.05, 3.63) is 47.9 Å². The first-order valence-corrected chi connectivity index (χ1v) is 9.68. The van der Waals surface area contributed by atoms with Crippen molar-refractivity contribution in [2.45, 2.75) is 38.7 Å². The molecule has 2 heterocycles. The van der Waals surface area contributed by atoms with E-state index in [-0.39, 0.29) is 23.6 Å². The van der Waals surface area contributed by atoms with Gasteiger partial charge in [0.25, 0.3) is 0 Å². The Morgan fingerprint density at radius 3 is 2.68 bits per heavy atom. The number of carbonyl (C=O) groups is 1. The minimum atomic E-state index is -0.294. The third-order valence-corrected chi connectivity index (χ3v) is 5.12. The number of aromatic nitrogens is 1. The highest BCUT2D eigenvalue weighted by Gasteiger charge is 2.28. The number of pyridine rings is 1. The third-order valence-electron chi connectivity index (χ3n) is 5.12. The van der Waals surface area contributed by atoms with E-state index in [2.05, 4.69) is 11.9 Å². The normalized spacial score (nSPS) is 17.5. The van der Waals surface area contributed by atoms with Gasteiger partial charge >= 0.3 is 0 Å². The van der Waals surface area contributed by atoms with E-state index in [0.29, 0.717) is 31.0 Å². The van der Waals surface area contributed by atoms with Crippen LogP contribution in [0, 0.1) is 5.82 Å². The molecule has 1 aliphatic rings. The number of rotatable bonds is 7. The van der Waals surface area contributed by atoms with Crippen LogP contribution in [-0.2, 0) is 4.79 Å². The van der Waals surface area contributed by atoms with Gasteiger partial charge in [-0.05, 0) is 36.6 Å². The first-order valence-electron chi connectivity index (χ1n) is 9.68. The first kappa shape index (κ1) is 20.1. The number of ketones is 1. The molecule has 0 bridgehead atoms. The van der Waals surface area contributed by atoms with Gasteiger partial charge < -0.3 is 19.3 Å². The predicted molar refractivity (Wildman–Crippen MR) is 110 cm³/mol. The van der Waals surface area contributed by atoms with Gasteiger partial charge in [0.15, 0.2) is 11.6 Å². The van der Waals surface area contributed by atoms with E-state index >= 15 is 0 Å². The van der Waals surface area contributed by atoms with Gasteiger partial charge in [0, 0.05) is 39.7 Å². The Morgan fingerprint density at radius 2 is 2.04 bits per heavy atom. The summed E-state index contributed by atoms with van der Waals surface area (Å²) < 4.78 is 20.8. The average molecular weight is 385 g/mol. The monoisotopic (exact) mass is 385 g/mol. The largest absolute Gasteiger partial charge is 0.489 e. The highest BCUT2D eigenvalue weighted by molar-refractivity contribution is 5.76. The van der Waals surface area contributed by atoms with Crippen molar-refractivity contribution in [1.29, 1.82) is 0 Å². The average Bonchev–Trinajstić information content (AvgIpc) is 3.10. The number of anilines is 2. The predicted octanol–water partition coefficient (Wildman–Crippen LogP) is 4.03. The van der Waals surface area contributed by atoms with Crippen molar-refractivity contribution < 1.29 is 13.9 Å². The maximum absolute atomic E-state index is 14.7. The number of benzene rings is 1. The lowest BCUT2D eigenvalue weighted by atomic mass is 9.96. The van der Waals surface area contributed by atoms with Gasteiger partial charge in [-0.25, -0.2) is 9.37 Å². The minimum absolute atomic E-state index is 0.00953. The number of halogens is 1. The summed E-state index contributed by atoms with van der Waals surface area (Å²) in [4.78, 5) is 19.2. The van der Waals surface area contributed by atoms with E-state index in [1.807, 2.05) is 43.3 Å². The molecule has 1 aromatic carbocycles. The molecular weight excluding hydrogens is 357 g/mol. The second-order valence-electron chi connectivity index (χ2n) is 7.71. The van der Waals surface area contributed by atoms with Crippen molar-refractivity contribution in [2.75, 3.05) is 37.0 Å². The SMILES string of the molecule is CC(=O)C[C@@H](C)c1ccc(O[C@@H]2CCN(c3nccc(N(C)C)c3F)C2)cc1. The maximum Gasteiger partial charge on any atom is 0.188 e. The molecule has 0 N–H and O–H groups in total. The number of hydrogen-bond acceptors (Lipinski definition) is 5. The fourth-order valence-electron chi connectivity index (χ4n) is 3.62. The zero-order valence-corrected chi connectivity index (χ0v) is 17.0. The Labute approximate surface area is 166 Å². The fraction of sp³-hybridized carbons (Fsp3) is 0.455. The molecule has 5 nitrogen and oxygen atoms in total. The molecule has 0 unspecified atom stereocenters. The lowest BCUT2D eigenvalue weighted by Gasteiger charge is -2.21. The molecule has 0 aliphatic carbocycles. The molecule has 0 saturated carbocycles. The molecule has 0 spiro atoms. The van der Waals surface area contributed by atoms with Crippen LogP contribution < -0.4 is 14.5 Å². The summed E-state index contributed by atoms with van der Waals surface area (Å²) in [6.45, 7) is 4.98. The van der Waals surface area contributed by atoms with E-state index in [9.17, 15) is 9.18 Å². The van der Waals surface area contributed by atoms with Crippen LogP contribution in [0.2, 0.25) is 0 Å². The van der Waals surface area contributed by atoms with Gasteiger partial charge in [-0.3, -0.25) is 0 Å². The Morgan fingerprint density at radius 1 is 1.32 bits per heavy atom. The van der Waals surface area contributed by atoms with Crippen LogP contribution in [0.4, 0.5) is 15.9 Å². The van der Waals surface area contributed by atoms with E-state index in [4.69, 9.17) is 4.74 Å². The number of ether oxygens (including phenoxy) is 1. The lowest BCUT2D eigenvalue weighted by molar-refractivity contribution is -0.117. The zero-order chi connectivity index (χ0) is 20.3. The van der Waals surface area contributed by atoms with Gasteiger partial charge in [-0.15, -0.1) is 0 Å². The number of Topliss-reactive ketones (excluding diaryl/α,β-unsaturated/α-hetero) is 1. The molecule has 0 amide bonds. The molecule has 0 radical (unpaired) electrons. The smallest absolute Gasteiger partial charge is 0.188 e. The summed E-state index contributed by atoms with van der Waals surface area (Å²) in [5.74, 6) is 1.27. The van der Waals surface area contributed by atoms with Crippen LogP contribution in [0.3, 0.4) is 0 Å². The van der Waals surface area contributed by atoms with Crippen molar-refractivity contribution in [2.24, 2.45) is 0 Å². The Balaban J connectivity index is 1.62. The third kappa shape index (κ3) is 4.61. The Bertz CT molecular complexity index is 823. The molecule has 3 rings (SSSR count). The second kappa shape index (κ2) is 8.59. The molecule has 28 heavy (non-hydrogen) atoms. The molecule has 2 atom stereocenters. The summed E-state index contributed by atoms with van der Waals surface area (Å²) in [6, 6.07) is 9.59. The summed E-state index contributed by atoms with van der Waals surface area (Å²) in [7, 11) is 3.64. The van der Waals surface area contributed by atoms with Crippen molar-refractivity contribution >= 4 is 17.3 Å². The van der Waals surface area contributed by atoms with Crippen LogP contribution >= 0.6 is 0 Å². The first-order chi connectivity index (χ1) is 13.3. The quantitative estimate of drug-likeness (QED) is 0.720. The highest BCUT2D eigenvalue weighted by atomic mass is 19.1. The van der Waals surface area contributed by atoms with E-state index in [1.54, 1.807) is 24.1 Å². The molecular formula is C22H28FN3O2. The molecule has 1 fully saturated rings. The topological polar surface area (TPSA) is 45.7 Å². The van der Waals surface area contributed by atoms with Gasteiger partial charge in [0.2, 0.25) is 0 Å². The van der Waals surface area contributed by atoms with Crippen LogP contribution in [0.25, 0.3) is 0 Å². The number of carbonyl (C=O) groups excluding carboxylic acids is 1. The summed E-state index contributed by atoms with van der Waals surface area (Å²) in [5.41, 5.74) is 1.66. The van der Waals surface area contributed by atoms with Crippen molar-refractivity contribution in [1.82, 2.24) is 4.98 Å². The molecule has 1 aliphatic heterocycles. The van der Waals surface area contributed by atoms with Crippen molar-refractivity contribution in [3.8, 4) is 5.75 Å². The second-order valence-corrected chi connectivity index (χ2v) is 7.71. The molecule has 150 valence electrons. The van der Waals surface area contributed by atoms with Crippen molar-refractivity contribution in [3.63, 3.8) is 0 Å². The maximum atomic E-state index is 14.7.